The monoisotopic (exact) mass is 162 g/mol. The molecule has 0 aliphatic carbocycles. The Hall–Kier alpha value is -1.48. The van der Waals surface area contributed by atoms with Gasteiger partial charge in [-0.3, -0.25) is 0 Å². The van der Waals surface area contributed by atoms with Crippen LogP contribution in [-0.4, -0.2) is 10.1 Å². The standard InChI is InChI=1S/C9H10N2O/c10-5-7-6-3-1-2-4-8(6)11-9(7)12/h1-4,11-12H,5,10H2. The largest absolute Gasteiger partial charge is 0.494 e. The van der Waals surface area contributed by atoms with Gasteiger partial charge in [-0.15, -0.1) is 0 Å². The van der Waals surface area contributed by atoms with Crippen LogP contribution in [0.1, 0.15) is 5.56 Å². The Labute approximate surface area is 69.8 Å². The molecule has 0 saturated carbocycles. The Morgan fingerprint density at radius 2 is 2.08 bits per heavy atom. The maximum Gasteiger partial charge on any atom is 0.193 e. The molecule has 0 aliphatic rings. The number of benzene rings is 1. The van der Waals surface area contributed by atoms with Crippen LogP contribution >= 0.6 is 0 Å². The summed E-state index contributed by atoms with van der Waals surface area (Å²) in [5, 5.41) is 10.4. The Kier molecular flexibility index (Phi) is 1.52. The van der Waals surface area contributed by atoms with Gasteiger partial charge in [-0.1, -0.05) is 18.2 Å². The van der Waals surface area contributed by atoms with Crippen molar-refractivity contribution >= 4 is 10.9 Å². The van der Waals surface area contributed by atoms with Crippen molar-refractivity contribution in [3.05, 3.63) is 29.8 Å². The lowest BCUT2D eigenvalue weighted by Crippen LogP contribution is -1.94. The predicted octanol–water partition coefficient (Wildman–Crippen LogP) is 1.33. The number of hydrogen-bond acceptors (Lipinski definition) is 2. The van der Waals surface area contributed by atoms with Crippen molar-refractivity contribution in [2.24, 2.45) is 5.73 Å². The van der Waals surface area contributed by atoms with Gasteiger partial charge in [0.15, 0.2) is 5.88 Å². The van der Waals surface area contributed by atoms with E-state index in [4.69, 9.17) is 5.73 Å². The second kappa shape index (κ2) is 2.53. The molecule has 3 nitrogen and oxygen atoms in total. The molecule has 4 N–H and O–H groups in total. The summed E-state index contributed by atoms with van der Waals surface area (Å²) in [7, 11) is 0. The Balaban J connectivity index is 2.81. The zero-order chi connectivity index (χ0) is 8.55. The summed E-state index contributed by atoms with van der Waals surface area (Å²) in [6.07, 6.45) is 0. The number of para-hydroxylation sites is 1. The molecule has 3 heteroatoms. The van der Waals surface area contributed by atoms with Crippen LogP contribution < -0.4 is 5.73 Å². The first-order valence-electron chi connectivity index (χ1n) is 3.81. The summed E-state index contributed by atoms with van der Waals surface area (Å²) >= 11 is 0. The molecule has 0 atom stereocenters. The van der Waals surface area contributed by atoms with Gasteiger partial charge in [-0.25, -0.2) is 0 Å². The molecule has 0 aliphatic heterocycles. The maximum atomic E-state index is 9.40. The first kappa shape index (κ1) is 7.18. The van der Waals surface area contributed by atoms with Gasteiger partial charge in [0.1, 0.15) is 0 Å². The van der Waals surface area contributed by atoms with Crippen molar-refractivity contribution in [2.75, 3.05) is 0 Å². The van der Waals surface area contributed by atoms with Gasteiger partial charge in [0.2, 0.25) is 0 Å². The predicted molar refractivity (Wildman–Crippen MR) is 47.9 cm³/mol. The van der Waals surface area contributed by atoms with E-state index in [9.17, 15) is 5.11 Å². The number of aromatic amines is 1. The van der Waals surface area contributed by atoms with Crippen LogP contribution in [-0.2, 0) is 6.54 Å². The van der Waals surface area contributed by atoms with Crippen molar-refractivity contribution in [3.63, 3.8) is 0 Å². The Bertz CT molecular complexity index is 406. The van der Waals surface area contributed by atoms with Crippen LogP contribution in [0.4, 0.5) is 0 Å². The fraction of sp³-hybridized carbons (Fsp3) is 0.111. The molecule has 0 bridgehead atoms. The number of aromatic nitrogens is 1. The van der Waals surface area contributed by atoms with Gasteiger partial charge in [0.25, 0.3) is 0 Å². The molecule has 2 rings (SSSR count). The van der Waals surface area contributed by atoms with Gasteiger partial charge in [-0.2, -0.15) is 0 Å². The summed E-state index contributed by atoms with van der Waals surface area (Å²) in [6, 6.07) is 7.69. The van der Waals surface area contributed by atoms with E-state index in [0.29, 0.717) is 6.54 Å². The quantitative estimate of drug-likeness (QED) is 0.592. The minimum absolute atomic E-state index is 0.179. The number of rotatable bonds is 1. The molecule has 62 valence electrons. The molecule has 0 saturated heterocycles. The molecule has 0 fully saturated rings. The highest BCUT2D eigenvalue weighted by molar-refractivity contribution is 5.85. The van der Waals surface area contributed by atoms with Crippen molar-refractivity contribution in [2.45, 2.75) is 6.54 Å². The summed E-state index contributed by atoms with van der Waals surface area (Å²) in [4.78, 5) is 2.85. The lowest BCUT2D eigenvalue weighted by Gasteiger charge is -1.92. The normalized spacial score (nSPS) is 10.8. The van der Waals surface area contributed by atoms with Gasteiger partial charge in [0, 0.05) is 23.0 Å². The molecule has 0 spiro atoms. The number of nitrogens with one attached hydrogen (secondary N) is 1. The average Bonchev–Trinajstić information content (AvgIpc) is 2.40. The smallest absolute Gasteiger partial charge is 0.193 e. The zero-order valence-corrected chi connectivity index (χ0v) is 6.54. The third-order valence-electron chi connectivity index (χ3n) is 2.00. The Morgan fingerprint density at radius 1 is 1.33 bits per heavy atom. The number of aromatic hydroxyl groups is 1. The molecular weight excluding hydrogens is 152 g/mol. The van der Waals surface area contributed by atoms with E-state index in [1.807, 2.05) is 24.3 Å². The molecule has 1 aromatic carbocycles. The van der Waals surface area contributed by atoms with E-state index in [1.54, 1.807) is 0 Å². The van der Waals surface area contributed by atoms with E-state index in [2.05, 4.69) is 4.98 Å². The molecular formula is C9H10N2O. The van der Waals surface area contributed by atoms with E-state index < -0.39 is 0 Å². The number of nitrogens with two attached hydrogens (primary N) is 1. The minimum atomic E-state index is 0.179. The topological polar surface area (TPSA) is 62.0 Å². The highest BCUT2D eigenvalue weighted by Gasteiger charge is 2.06. The zero-order valence-electron chi connectivity index (χ0n) is 6.54. The third-order valence-corrected chi connectivity index (χ3v) is 2.00. The highest BCUT2D eigenvalue weighted by Crippen LogP contribution is 2.25. The summed E-state index contributed by atoms with van der Waals surface area (Å²) in [5.74, 6) is 0.179. The van der Waals surface area contributed by atoms with Crippen LogP contribution in [0.3, 0.4) is 0 Å². The van der Waals surface area contributed by atoms with Crippen LogP contribution in [0.25, 0.3) is 10.9 Å². The first-order chi connectivity index (χ1) is 5.83. The fourth-order valence-electron chi connectivity index (χ4n) is 1.39. The second-order valence-electron chi connectivity index (χ2n) is 2.70. The van der Waals surface area contributed by atoms with Crippen molar-refractivity contribution in [1.29, 1.82) is 0 Å². The summed E-state index contributed by atoms with van der Waals surface area (Å²) < 4.78 is 0. The third kappa shape index (κ3) is 0.871. The summed E-state index contributed by atoms with van der Waals surface area (Å²) in [6.45, 7) is 0.357. The average molecular weight is 162 g/mol. The van der Waals surface area contributed by atoms with Crippen LogP contribution in [0, 0.1) is 0 Å². The molecule has 0 radical (unpaired) electrons. The van der Waals surface area contributed by atoms with Gasteiger partial charge in [0.05, 0.1) is 0 Å². The molecule has 12 heavy (non-hydrogen) atoms. The van der Waals surface area contributed by atoms with Gasteiger partial charge in [-0.05, 0) is 6.07 Å². The number of fused-ring (bicyclic) bond motifs is 1. The van der Waals surface area contributed by atoms with Crippen LogP contribution in [0.15, 0.2) is 24.3 Å². The van der Waals surface area contributed by atoms with E-state index >= 15 is 0 Å². The van der Waals surface area contributed by atoms with Gasteiger partial charge < -0.3 is 15.8 Å². The van der Waals surface area contributed by atoms with Crippen molar-refractivity contribution < 1.29 is 5.11 Å². The van der Waals surface area contributed by atoms with Gasteiger partial charge >= 0.3 is 0 Å². The number of hydrogen-bond donors (Lipinski definition) is 3. The fourth-order valence-corrected chi connectivity index (χ4v) is 1.39. The van der Waals surface area contributed by atoms with E-state index in [-0.39, 0.29) is 5.88 Å². The van der Waals surface area contributed by atoms with Crippen LogP contribution in [0.5, 0.6) is 5.88 Å². The molecule has 1 heterocycles. The molecule has 0 amide bonds. The van der Waals surface area contributed by atoms with E-state index in [1.165, 1.54) is 0 Å². The molecule has 2 aromatic rings. The van der Waals surface area contributed by atoms with E-state index in [0.717, 1.165) is 16.5 Å². The minimum Gasteiger partial charge on any atom is -0.494 e. The summed E-state index contributed by atoms with van der Waals surface area (Å²) in [5.41, 5.74) is 7.19. The first-order valence-corrected chi connectivity index (χ1v) is 3.81. The number of H-pyrrole nitrogens is 1. The molecule has 1 aromatic heterocycles. The SMILES string of the molecule is NCc1c(O)[nH]c2ccccc12. The second-order valence-corrected chi connectivity index (χ2v) is 2.70. The van der Waals surface area contributed by atoms with Crippen molar-refractivity contribution in [3.8, 4) is 5.88 Å². The van der Waals surface area contributed by atoms with Crippen molar-refractivity contribution in [1.82, 2.24) is 4.98 Å². The maximum absolute atomic E-state index is 9.40. The Morgan fingerprint density at radius 3 is 2.83 bits per heavy atom. The lowest BCUT2D eigenvalue weighted by molar-refractivity contribution is 0.452. The molecule has 0 unspecified atom stereocenters. The van der Waals surface area contributed by atoms with Crippen LogP contribution in [0.2, 0.25) is 0 Å². The lowest BCUT2D eigenvalue weighted by atomic mass is 10.2. The highest BCUT2D eigenvalue weighted by atomic mass is 16.3.